The van der Waals surface area contributed by atoms with Gasteiger partial charge in [0.25, 0.3) is 0 Å². The fourth-order valence-corrected chi connectivity index (χ4v) is 3.40. The number of nitrogens with zero attached hydrogens (tertiary/aromatic N) is 2. The van der Waals surface area contributed by atoms with Crippen LogP contribution in [0.25, 0.3) is 0 Å². The van der Waals surface area contributed by atoms with Crippen molar-refractivity contribution < 1.29 is 4.79 Å². The minimum Gasteiger partial charge on any atom is -0.332 e. The highest BCUT2D eigenvalue weighted by Crippen LogP contribution is 2.81. The zero-order valence-electron chi connectivity index (χ0n) is 11.1. The number of urea groups is 1. The molecule has 3 aliphatic rings. The van der Waals surface area contributed by atoms with Gasteiger partial charge in [-0.15, -0.1) is 0 Å². The Morgan fingerprint density at radius 2 is 1.76 bits per heavy atom. The van der Waals surface area contributed by atoms with Crippen LogP contribution in [-0.4, -0.2) is 54.6 Å². The van der Waals surface area contributed by atoms with Crippen molar-refractivity contribution in [3.8, 4) is 0 Å². The summed E-state index contributed by atoms with van der Waals surface area (Å²) in [6, 6.07) is 0.165. The number of hydrogen-bond donors (Lipinski definition) is 1. The van der Waals surface area contributed by atoms with Gasteiger partial charge in [0, 0.05) is 37.1 Å². The second kappa shape index (κ2) is 3.37. The van der Waals surface area contributed by atoms with Crippen molar-refractivity contribution in [2.45, 2.75) is 32.2 Å². The Bertz CT molecular complexity index is 339. The van der Waals surface area contributed by atoms with Crippen molar-refractivity contribution in [3.05, 3.63) is 0 Å². The van der Waals surface area contributed by atoms with E-state index in [2.05, 4.69) is 31.1 Å². The van der Waals surface area contributed by atoms with Crippen LogP contribution in [0, 0.1) is 11.3 Å². The molecule has 1 saturated heterocycles. The van der Waals surface area contributed by atoms with Crippen LogP contribution in [0.1, 0.15) is 26.7 Å². The third-order valence-electron chi connectivity index (χ3n) is 5.18. The van der Waals surface area contributed by atoms with Gasteiger partial charge in [0.15, 0.2) is 0 Å². The Labute approximate surface area is 103 Å². The summed E-state index contributed by atoms with van der Waals surface area (Å²) < 4.78 is 0. The molecule has 4 nitrogen and oxygen atoms in total. The molecule has 0 radical (unpaired) electrons. The summed E-state index contributed by atoms with van der Waals surface area (Å²) in [5.74, 6) is 0.704. The van der Waals surface area contributed by atoms with Gasteiger partial charge < -0.3 is 15.1 Å². The Morgan fingerprint density at radius 3 is 2.24 bits per heavy atom. The first kappa shape index (κ1) is 11.3. The summed E-state index contributed by atoms with van der Waals surface area (Å²) in [5, 5.41) is 3.28. The van der Waals surface area contributed by atoms with E-state index in [0.29, 0.717) is 11.3 Å². The van der Waals surface area contributed by atoms with Crippen molar-refractivity contribution in [2.24, 2.45) is 11.3 Å². The molecule has 0 aromatic carbocycles. The fourth-order valence-electron chi connectivity index (χ4n) is 3.40. The molecule has 4 heteroatoms. The van der Waals surface area contributed by atoms with Crippen LogP contribution in [0.3, 0.4) is 0 Å². The molecule has 17 heavy (non-hydrogen) atoms. The summed E-state index contributed by atoms with van der Waals surface area (Å²) >= 11 is 0. The second-order valence-corrected chi connectivity index (χ2v) is 6.47. The molecule has 3 fully saturated rings. The van der Waals surface area contributed by atoms with Crippen LogP contribution >= 0.6 is 0 Å². The number of amides is 2. The number of rotatable bonds is 2. The monoisotopic (exact) mass is 237 g/mol. The first-order valence-electron chi connectivity index (χ1n) is 6.75. The molecule has 96 valence electrons. The van der Waals surface area contributed by atoms with E-state index in [9.17, 15) is 4.79 Å². The number of carbonyl (C=O) groups excluding carboxylic acids is 1. The lowest BCUT2D eigenvalue weighted by atomic mass is 10.0. The van der Waals surface area contributed by atoms with Gasteiger partial charge in [-0.1, -0.05) is 13.8 Å². The average molecular weight is 237 g/mol. The Balaban J connectivity index is 1.53. The Hall–Kier alpha value is -0.770. The maximum absolute atomic E-state index is 12.1. The lowest BCUT2D eigenvalue weighted by Crippen LogP contribution is -2.52. The molecule has 0 atom stereocenters. The van der Waals surface area contributed by atoms with Gasteiger partial charge in [-0.05, 0) is 25.8 Å². The smallest absolute Gasteiger partial charge is 0.317 e. The van der Waals surface area contributed by atoms with Crippen molar-refractivity contribution in [1.29, 1.82) is 0 Å². The van der Waals surface area contributed by atoms with E-state index in [4.69, 9.17) is 0 Å². The van der Waals surface area contributed by atoms with Crippen LogP contribution in [0.2, 0.25) is 0 Å². The first-order chi connectivity index (χ1) is 7.99. The van der Waals surface area contributed by atoms with Gasteiger partial charge in [0.1, 0.15) is 0 Å². The summed E-state index contributed by atoms with van der Waals surface area (Å²) in [7, 11) is 2.11. The molecule has 2 aliphatic carbocycles. The number of likely N-dealkylation sites (N-methyl/N-ethyl adjacent to an activating group) is 1. The maximum Gasteiger partial charge on any atom is 0.317 e. The largest absolute Gasteiger partial charge is 0.332 e. The molecule has 0 aromatic heterocycles. The van der Waals surface area contributed by atoms with Gasteiger partial charge in [0.05, 0.1) is 0 Å². The molecule has 0 aromatic rings. The van der Waals surface area contributed by atoms with Crippen molar-refractivity contribution >= 4 is 6.03 Å². The van der Waals surface area contributed by atoms with Gasteiger partial charge in [-0.3, -0.25) is 0 Å². The normalized spacial score (nSPS) is 40.1. The van der Waals surface area contributed by atoms with E-state index in [1.54, 1.807) is 0 Å². The van der Waals surface area contributed by atoms with Crippen molar-refractivity contribution in [1.82, 2.24) is 15.1 Å². The van der Waals surface area contributed by atoms with Gasteiger partial charge in [-0.25, -0.2) is 4.79 Å². The van der Waals surface area contributed by atoms with Crippen LogP contribution in [0.5, 0.6) is 0 Å². The molecule has 2 amide bonds. The summed E-state index contributed by atoms with van der Waals surface area (Å²) in [4.78, 5) is 16.4. The van der Waals surface area contributed by atoms with E-state index >= 15 is 0 Å². The third-order valence-corrected chi connectivity index (χ3v) is 5.18. The van der Waals surface area contributed by atoms with Crippen LogP contribution in [-0.2, 0) is 0 Å². The number of piperazine rings is 1. The zero-order valence-corrected chi connectivity index (χ0v) is 11.1. The summed E-state index contributed by atoms with van der Waals surface area (Å²) in [6.45, 7) is 8.28. The topological polar surface area (TPSA) is 35.6 Å². The minimum atomic E-state index is 0.165. The van der Waals surface area contributed by atoms with Crippen molar-refractivity contribution in [3.63, 3.8) is 0 Å². The molecule has 3 rings (SSSR count). The third kappa shape index (κ3) is 1.57. The molecule has 1 aliphatic heterocycles. The molecule has 1 N–H and O–H groups in total. The molecule has 0 bridgehead atoms. The molecular formula is C13H23N3O. The highest BCUT2D eigenvalue weighted by Gasteiger charge is 2.84. The van der Waals surface area contributed by atoms with E-state index in [-0.39, 0.29) is 11.6 Å². The van der Waals surface area contributed by atoms with Crippen molar-refractivity contribution in [2.75, 3.05) is 33.2 Å². The standard InChI is InChI=1S/C13H23N3O/c1-10(2)12-8-13(12,9-12)14-11(17)16-6-4-15(3)5-7-16/h10H,4-9H2,1-3H3,(H,14,17). The Morgan fingerprint density at radius 1 is 1.18 bits per heavy atom. The Kier molecular flexibility index (Phi) is 2.25. The lowest BCUT2D eigenvalue weighted by molar-refractivity contribution is 0.152. The summed E-state index contributed by atoms with van der Waals surface area (Å²) in [6.07, 6.45) is 2.41. The predicted octanol–water partition coefficient (Wildman–Crippen LogP) is 1.13. The van der Waals surface area contributed by atoms with Gasteiger partial charge in [-0.2, -0.15) is 0 Å². The highest BCUT2D eigenvalue weighted by molar-refractivity contribution is 5.77. The van der Waals surface area contributed by atoms with Crippen LogP contribution in [0.15, 0.2) is 0 Å². The van der Waals surface area contributed by atoms with E-state index in [1.807, 2.05) is 4.90 Å². The highest BCUT2D eigenvalue weighted by atomic mass is 16.2. The SMILES string of the molecule is CC(C)C12CC1(NC(=O)N1CCN(C)CC1)C2. The number of hydrogen-bond acceptors (Lipinski definition) is 2. The summed E-state index contributed by atoms with van der Waals surface area (Å²) in [5.41, 5.74) is 0.664. The van der Waals surface area contributed by atoms with Crippen LogP contribution in [0.4, 0.5) is 4.79 Å². The maximum atomic E-state index is 12.1. The lowest BCUT2D eigenvalue weighted by Gasteiger charge is -2.32. The molecule has 0 spiro atoms. The van der Waals surface area contributed by atoms with Gasteiger partial charge in [0.2, 0.25) is 0 Å². The van der Waals surface area contributed by atoms with E-state index in [0.717, 1.165) is 26.2 Å². The molecule has 2 saturated carbocycles. The predicted molar refractivity (Wildman–Crippen MR) is 66.8 cm³/mol. The first-order valence-corrected chi connectivity index (χ1v) is 6.75. The number of fused-ring (bicyclic) bond motifs is 1. The number of carbonyl (C=O) groups is 1. The molecule has 1 heterocycles. The quantitative estimate of drug-likeness (QED) is 0.781. The number of nitrogens with one attached hydrogen (secondary N) is 1. The van der Waals surface area contributed by atoms with E-state index < -0.39 is 0 Å². The minimum absolute atomic E-state index is 0.165. The second-order valence-electron chi connectivity index (χ2n) is 6.47. The van der Waals surface area contributed by atoms with Crippen LogP contribution < -0.4 is 5.32 Å². The average Bonchev–Trinajstić information content (AvgIpc) is 3.05. The van der Waals surface area contributed by atoms with Gasteiger partial charge >= 0.3 is 6.03 Å². The fraction of sp³-hybridized carbons (Fsp3) is 0.923. The zero-order chi connectivity index (χ0) is 12.3. The van der Waals surface area contributed by atoms with E-state index in [1.165, 1.54) is 12.8 Å². The molecule has 0 unspecified atom stereocenters. The molecular weight excluding hydrogens is 214 g/mol.